The zero-order chi connectivity index (χ0) is 26.8. The molecule has 5 rings (SSSR count). The fourth-order valence-electron chi connectivity index (χ4n) is 6.07. The number of nitrogens with zero attached hydrogens (tertiary/aromatic N) is 3. The molecular formula is C29H35FN4O3S. The van der Waals surface area contributed by atoms with Crippen molar-refractivity contribution in [3.63, 3.8) is 0 Å². The van der Waals surface area contributed by atoms with Gasteiger partial charge in [-0.15, -0.1) is 0 Å². The lowest BCUT2D eigenvalue weighted by atomic mass is 9.86. The Kier molecular flexibility index (Phi) is 8.02. The molecule has 1 aliphatic heterocycles. The summed E-state index contributed by atoms with van der Waals surface area (Å²) in [6, 6.07) is 10.7. The highest BCUT2D eigenvalue weighted by molar-refractivity contribution is 7.99. The van der Waals surface area contributed by atoms with Gasteiger partial charge in [0.15, 0.2) is 0 Å². The lowest BCUT2D eigenvalue weighted by molar-refractivity contribution is -0.124. The maximum atomic E-state index is 14.1. The van der Waals surface area contributed by atoms with Gasteiger partial charge in [-0.1, -0.05) is 44.2 Å². The van der Waals surface area contributed by atoms with Gasteiger partial charge in [-0.3, -0.25) is 18.7 Å². The zero-order valence-corrected chi connectivity index (χ0v) is 22.8. The molecule has 1 aliphatic carbocycles. The van der Waals surface area contributed by atoms with Gasteiger partial charge in [-0.2, -0.15) is 11.8 Å². The Bertz CT molecular complexity index is 1410. The zero-order valence-electron chi connectivity index (χ0n) is 21.9. The molecule has 0 bridgehead atoms. The smallest absolute Gasteiger partial charge is 0.333 e. The highest BCUT2D eigenvalue weighted by Crippen LogP contribution is 2.31. The number of fused-ring (bicyclic) bond motifs is 1. The van der Waals surface area contributed by atoms with Crippen LogP contribution in [0.1, 0.15) is 75.9 Å². The SMILES string of the molecule is CC(C)C(C(=O)NC1CCC(n2c(=O)c3cc(F)cnc3n(C3CCSCC3)c2=O)CC1)c1ccccc1. The Labute approximate surface area is 225 Å². The van der Waals surface area contributed by atoms with E-state index >= 15 is 0 Å². The quantitative estimate of drug-likeness (QED) is 0.487. The number of halogens is 1. The van der Waals surface area contributed by atoms with Crippen LogP contribution in [0.2, 0.25) is 0 Å². The van der Waals surface area contributed by atoms with Crippen LogP contribution in [0.3, 0.4) is 0 Å². The van der Waals surface area contributed by atoms with Crippen molar-refractivity contribution in [1.82, 2.24) is 19.4 Å². The summed E-state index contributed by atoms with van der Waals surface area (Å²) in [5.41, 5.74) is 0.444. The average molecular weight is 539 g/mol. The first kappa shape index (κ1) is 26.7. The second-order valence-electron chi connectivity index (χ2n) is 10.8. The molecule has 1 saturated carbocycles. The summed E-state index contributed by atoms with van der Waals surface area (Å²) < 4.78 is 17.1. The molecule has 1 saturated heterocycles. The van der Waals surface area contributed by atoms with Crippen LogP contribution in [-0.4, -0.2) is 37.6 Å². The minimum atomic E-state index is -0.588. The van der Waals surface area contributed by atoms with Gasteiger partial charge in [0.1, 0.15) is 11.5 Å². The van der Waals surface area contributed by atoms with Gasteiger partial charge in [0.2, 0.25) is 5.91 Å². The van der Waals surface area contributed by atoms with Gasteiger partial charge in [0.25, 0.3) is 5.56 Å². The molecule has 1 amide bonds. The predicted octanol–water partition coefficient (Wildman–Crippen LogP) is 4.81. The van der Waals surface area contributed by atoms with Crippen LogP contribution in [0.25, 0.3) is 11.0 Å². The topological polar surface area (TPSA) is 86.0 Å². The molecule has 3 aromatic rings. The van der Waals surface area contributed by atoms with E-state index in [0.29, 0.717) is 25.7 Å². The number of pyridine rings is 1. The normalized spacial score (nSPS) is 21.5. The minimum absolute atomic E-state index is 0.0107. The monoisotopic (exact) mass is 538 g/mol. The molecule has 9 heteroatoms. The van der Waals surface area contributed by atoms with Crippen molar-refractivity contribution in [1.29, 1.82) is 0 Å². The Morgan fingerprint density at radius 2 is 1.66 bits per heavy atom. The number of benzene rings is 1. The largest absolute Gasteiger partial charge is 0.353 e. The van der Waals surface area contributed by atoms with Gasteiger partial charge in [0, 0.05) is 18.1 Å². The first-order valence-electron chi connectivity index (χ1n) is 13.6. The number of amides is 1. The first-order valence-corrected chi connectivity index (χ1v) is 14.8. The molecular weight excluding hydrogens is 503 g/mol. The Morgan fingerprint density at radius 1 is 1.00 bits per heavy atom. The Balaban J connectivity index is 1.38. The summed E-state index contributed by atoms with van der Waals surface area (Å²) in [5, 5.41) is 3.38. The van der Waals surface area contributed by atoms with Crippen LogP contribution in [0.5, 0.6) is 0 Å². The lowest BCUT2D eigenvalue weighted by Crippen LogP contribution is -2.47. The Hall–Kier alpha value is -2.94. The highest BCUT2D eigenvalue weighted by atomic mass is 32.2. The van der Waals surface area contributed by atoms with E-state index < -0.39 is 11.4 Å². The fraction of sp³-hybridized carbons (Fsp3) is 0.517. The van der Waals surface area contributed by atoms with Crippen molar-refractivity contribution in [2.45, 2.75) is 76.4 Å². The molecule has 3 heterocycles. The van der Waals surface area contributed by atoms with Gasteiger partial charge < -0.3 is 5.32 Å². The molecule has 1 aromatic carbocycles. The van der Waals surface area contributed by atoms with Crippen molar-refractivity contribution in [2.24, 2.45) is 5.92 Å². The third-order valence-electron chi connectivity index (χ3n) is 7.99. The number of hydrogen-bond acceptors (Lipinski definition) is 5. The lowest BCUT2D eigenvalue weighted by Gasteiger charge is -2.32. The molecule has 1 unspecified atom stereocenters. The molecule has 38 heavy (non-hydrogen) atoms. The second kappa shape index (κ2) is 11.4. The number of carbonyl (C=O) groups excluding carboxylic acids is 1. The predicted molar refractivity (Wildman–Crippen MR) is 149 cm³/mol. The van der Waals surface area contributed by atoms with Crippen molar-refractivity contribution in [2.75, 3.05) is 11.5 Å². The molecule has 2 fully saturated rings. The maximum absolute atomic E-state index is 14.1. The third-order valence-corrected chi connectivity index (χ3v) is 9.04. The molecule has 1 N–H and O–H groups in total. The summed E-state index contributed by atoms with van der Waals surface area (Å²) >= 11 is 1.85. The highest BCUT2D eigenvalue weighted by Gasteiger charge is 2.31. The molecule has 0 spiro atoms. The van der Waals surface area contributed by atoms with Crippen molar-refractivity contribution < 1.29 is 9.18 Å². The fourth-order valence-corrected chi connectivity index (χ4v) is 7.15. The maximum Gasteiger partial charge on any atom is 0.333 e. The third kappa shape index (κ3) is 5.30. The summed E-state index contributed by atoms with van der Waals surface area (Å²) in [6.45, 7) is 4.10. The van der Waals surface area contributed by atoms with Crippen LogP contribution in [0.4, 0.5) is 4.39 Å². The van der Waals surface area contributed by atoms with Gasteiger partial charge in [-0.05, 0) is 67.6 Å². The van der Waals surface area contributed by atoms with E-state index in [0.717, 1.165) is 36.1 Å². The summed E-state index contributed by atoms with van der Waals surface area (Å²) in [4.78, 5) is 44.7. The number of thioether (sulfide) groups is 1. The van der Waals surface area contributed by atoms with Crippen LogP contribution in [-0.2, 0) is 4.79 Å². The number of nitrogens with one attached hydrogen (secondary N) is 1. The molecule has 7 nitrogen and oxygen atoms in total. The van der Waals surface area contributed by atoms with Crippen LogP contribution >= 0.6 is 11.8 Å². The number of rotatable bonds is 6. The van der Waals surface area contributed by atoms with E-state index in [4.69, 9.17) is 0 Å². The molecule has 1 atom stereocenters. The first-order chi connectivity index (χ1) is 18.3. The minimum Gasteiger partial charge on any atom is -0.353 e. The number of hydrogen-bond donors (Lipinski definition) is 1. The van der Waals surface area contributed by atoms with E-state index in [9.17, 15) is 18.8 Å². The van der Waals surface area contributed by atoms with Crippen LogP contribution in [0, 0.1) is 11.7 Å². The standard InChI is InChI=1S/C29H35FN4O3S/c1-18(2)25(19-6-4-3-5-7-19)27(35)32-21-8-10-22(11-9-21)34-28(36)24-16-20(30)17-31-26(24)33(29(34)37)23-12-14-38-15-13-23/h3-7,16-18,21-23,25H,8-15H2,1-2H3,(H,32,35). The van der Waals surface area contributed by atoms with E-state index in [1.54, 1.807) is 4.57 Å². The van der Waals surface area contributed by atoms with E-state index in [-0.39, 0.29) is 52.6 Å². The summed E-state index contributed by atoms with van der Waals surface area (Å²) in [7, 11) is 0. The van der Waals surface area contributed by atoms with Crippen molar-refractivity contribution in [3.05, 3.63) is 74.8 Å². The average Bonchev–Trinajstić information content (AvgIpc) is 2.91. The number of aromatic nitrogens is 3. The molecule has 202 valence electrons. The molecule has 2 aromatic heterocycles. The van der Waals surface area contributed by atoms with Crippen molar-refractivity contribution in [3.8, 4) is 0 Å². The summed E-state index contributed by atoms with van der Waals surface area (Å²) in [5.74, 6) is 1.20. The van der Waals surface area contributed by atoms with E-state index in [1.165, 1.54) is 10.6 Å². The second-order valence-corrected chi connectivity index (χ2v) is 12.1. The van der Waals surface area contributed by atoms with Gasteiger partial charge in [0.05, 0.1) is 17.5 Å². The van der Waals surface area contributed by atoms with Crippen LogP contribution < -0.4 is 16.6 Å². The van der Waals surface area contributed by atoms with Gasteiger partial charge >= 0.3 is 5.69 Å². The Morgan fingerprint density at radius 3 is 2.32 bits per heavy atom. The molecule has 0 radical (unpaired) electrons. The van der Waals surface area contributed by atoms with E-state index in [2.05, 4.69) is 10.3 Å². The van der Waals surface area contributed by atoms with E-state index in [1.807, 2.05) is 55.9 Å². The van der Waals surface area contributed by atoms with Crippen LogP contribution in [0.15, 0.2) is 52.2 Å². The van der Waals surface area contributed by atoms with Crippen molar-refractivity contribution >= 4 is 28.7 Å². The number of carbonyl (C=O) groups is 1. The molecule has 2 aliphatic rings. The van der Waals surface area contributed by atoms with Gasteiger partial charge in [-0.25, -0.2) is 14.2 Å². The summed E-state index contributed by atoms with van der Waals surface area (Å²) in [6.07, 6.45) is 5.22.